The molecule has 2 rings (SSSR count). The molecule has 2 aromatic carbocycles. The Balaban J connectivity index is 1.69. The molecule has 0 saturated heterocycles. The van der Waals surface area contributed by atoms with E-state index in [2.05, 4.69) is 5.32 Å². The Labute approximate surface area is 128 Å². The number of amides is 1. The molecule has 0 spiro atoms. The fraction of sp³-hybridized carbons (Fsp3) is 0.176. The molecule has 0 heterocycles. The zero-order valence-corrected chi connectivity index (χ0v) is 12.2. The number of benzene rings is 2. The van der Waals surface area contributed by atoms with Gasteiger partial charge >= 0.3 is 5.97 Å². The van der Waals surface area contributed by atoms with Crippen molar-refractivity contribution in [2.45, 2.75) is 6.92 Å². The van der Waals surface area contributed by atoms with Gasteiger partial charge in [0.05, 0.1) is 0 Å². The van der Waals surface area contributed by atoms with E-state index in [0.717, 1.165) is 5.56 Å². The standard InChI is InChI=1S/C17H17NO4/c1-13-7-9-14(10-8-13)18-16(19)11-22-17(20)12-21-15-5-3-2-4-6-15/h2-10H,11-12H2,1H3,(H,18,19). The number of hydrogen-bond donors (Lipinski definition) is 1. The summed E-state index contributed by atoms with van der Waals surface area (Å²) in [6.45, 7) is 1.38. The number of hydrogen-bond acceptors (Lipinski definition) is 4. The van der Waals surface area contributed by atoms with Crippen LogP contribution in [0.15, 0.2) is 54.6 Å². The van der Waals surface area contributed by atoms with Gasteiger partial charge in [-0.2, -0.15) is 0 Å². The number of rotatable bonds is 6. The molecule has 114 valence electrons. The van der Waals surface area contributed by atoms with E-state index in [1.54, 1.807) is 36.4 Å². The van der Waals surface area contributed by atoms with Crippen LogP contribution in [-0.2, 0) is 14.3 Å². The Morgan fingerprint density at radius 1 is 0.955 bits per heavy atom. The number of nitrogens with one attached hydrogen (secondary N) is 1. The first kappa shape index (κ1) is 15.6. The van der Waals surface area contributed by atoms with Gasteiger partial charge in [-0.3, -0.25) is 4.79 Å². The van der Waals surface area contributed by atoms with Crippen LogP contribution in [0.3, 0.4) is 0 Å². The van der Waals surface area contributed by atoms with Crippen molar-refractivity contribution in [3.63, 3.8) is 0 Å². The van der Waals surface area contributed by atoms with Gasteiger partial charge in [0.15, 0.2) is 13.2 Å². The lowest BCUT2D eigenvalue weighted by molar-refractivity contribution is -0.149. The highest BCUT2D eigenvalue weighted by atomic mass is 16.6. The van der Waals surface area contributed by atoms with Crippen LogP contribution in [0.5, 0.6) is 5.75 Å². The van der Waals surface area contributed by atoms with Crippen LogP contribution in [0, 0.1) is 6.92 Å². The topological polar surface area (TPSA) is 64.6 Å². The lowest BCUT2D eigenvalue weighted by atomic mass is 10.2. The molecule has 1 N–H and O–H groups in total. The fourth-order valence-corrected chi connectivity index (χ4v) is 1.68. The van der Waals surface area contributed by atoms with Gasteiger partial charge < -0.3 is 14.8 Å². The highest BCUT2D eigenvalue weighted by molar-refractivity contribution is 5.92. The molecule has 0 bridgehead atoms. The van der Waals surface area contributed by atoms with Gasteiger partial charge in [-0.1, -0.05) is 35.9 Å². The molecule has 0 aromatic heterocycles. The summed E-state index contributed by atoms with van der Waals surface area (Å²) >= 11 is 0. The van der Waals surface area contributed by atoms with Crippen LogP contribution in [0.2, 0.25) is 0 Å². The van der Waals surface area contributed by atoms with Crippen molar-refractivity contribution >= 4 is 17.6 Å². The van der Waals surface area contributed by atoms with E-state index in [1.165, 1.54) is 0 Å². The summed E-state index contributed by atoms with van der Waals surface area (Å²) in [5.41, 5.74) is 1.76. The third-order valence-electron chi connectivity index (χ3n) is 2.80. The smallest absolute Gasteiger partial charge is 0.344 e. The van der Waals surface area contributed by atoms with Crippen molar-refractivity contribution in [3.8, 4) is 5.75 Å². The minimum atomic E-state index is -0.595. The molecule has 0 saturated carbocycles. The van der Waals surface area contributed by atoms with Crippen molar-refractivity contribution in [2.24, 2.45) is 0 Å². The molecule has 5 nitrogen and oxygen atoms in total. The predicted molar refractivity (Wildman–Crippen MR) is 82.7 cm³/mol. The third-order valence-corrected chi connectivity index (χ3v) is 2.80. The van der Waals surface area contributed by atoms with Crippen LogP contribution in [0.25, 0.3) is 0 Å². The molecule has 5 heteroatoms. The zero-order chi connectivity index (χ0) is 15.8. The summed E-state index contributed by atoms with van der Waals surface area (Å²) in [5, 5.41) is 2.64. The van der Waals surface area contributed by atoms with E-state index in [0.29, 0.717) is 11.4 Å². The van der Waals surface area contributed by atoms with Gasteiger partial charge in [0.25, 0.3) is 5.91 Å². The molecule has 0 unspecified atom stereocenters. The van der Waals surface area contributed by atoms with Gasteiger partial charge in [-0.05, 0) is 31.2 Å². The molecular weight excluding hydrogens is 282 g/mol. The predicted octanol–water partition coefficient (Wildman–Crippen LogP) is 2.56. The Kier molecular flexibility index (Phi) is 5.54. The molecule has 22 heavy (non-hydrogen) atoms. The van der Waals surface area contributed by atoms with E-state index in [1.807, 2.05) is 25.1 Å². The number of carbonyl (C=O) groups is 2. The van der Waals surface area contributed by atoms with E-state index >= 15 is 0 Å². The lowest BCUT2D eigenvalue weighted by Gasteiger charge is -2.08. The maximum absolute atomic E-state index is 11.6. The largest absolute Gasteiger partial charge is 0.482 e. The van der Waals surface area contributed by atoms with Crippen molar-refractivity contribution in [1.82, 2.24) is 0 Å². The van der Waals surface area contributed by atoms with Crippen LogP contribution >= 0.6 is 0 Å². The summed E-state index contributed by atoms with van der Waals surface area (Å²) in [4.78, 5) is 23.1. The zero-order valence-electron chi connectivity index (χ0n) is 12.2. The Morgan fingerprint density at radius 3 is 2.32 bits per heavy atom. The van der Waals surface area contributed by atoms with E-state index < -0.39 is 11.9 Å². The highest BCUT2D eigenvalue weighted by Gasteiger charge is 2.08. The van der Waals surface area contributed by atoms with Gasteiger partial charge in [-0.25, -0.2) is 4.79 Å². The van der Waals surface area contributed by atoms with Crippen LogP contribution in [0.1, 0.15) is 5.56 Å². The molecule has 0 atom stereocenters. The monoisotopic (exact) mass is 299 g/mol. The third kappa shape index (κ3) is 5.28. The van der Waals surface area contributed by atoms with Gasteiger partial charge in [0, 0.05) is 5.69 Å². The second-order valence-corrected chi connectivity index (χ2v) is 4.68. The van der Waals surface area contributed by atoms with Crippen LogP contribution in [-0.4, -0.2) is 25.1 Å². The Bertz CT molecular complexity index is 623. The Hall–Kier alpha value is -2.82. The number of para-hydroxylation sites is 1. The molecule has 0 radical (unpaired) electrons. The average Bonchev–Trinajstić information content (AvgIpc) is 2.54. The van der Waals surface area contributed by atoms with Crippen molar-refractivity contribution in [2.75, 3.05) is 18.5 Å². The van der Waals surface area contributed by atoms with Crippen molar-refractivity contribution in [3.05, 3.63) is 60.2 Å². The lowest BCUT2D eigenvalue weighted by Crippen LogP contribution is -2.23. The first-order chi connectivity index (χ1) is 10.6. The summed E-state index contributed by atoms with van der Waals surface area (Å²) in [7, 11) is 0. The van der Waals surface area contributed by atoms with Gasteiger partial charge in [-0.15, -0.1) is 0 Å². The molecular formula is C17H17NO4. The summed E-state index contributed by atoms with van der Waals surface area (Å²) < 4.78 is 10.1. The van der Waals surface area contributed by atoms with Crippen molar-refractivity contribution < 1.29 is 19.1 Å². The maximum atomic E-state index is 11.6. The van der Waals surface area contributed by atoms with Gasteiger partial charge in [0.2, 0.25) is 0 Å². The minimum Gasteiger partial charge on any atom is -0.482 e. The quantitative estimate of drug-likeness (QED) is 0.833. The SMILES string of the molecule is Cc1ccc(NC(=O)COC(=O)COc2ccccc2)cc1. The van der Waals surface area contributed by atoms with Crippen LogP contribution in [0.4, 0.5) is 5.69 Å². The van der Waals surface area contributed by atoms with E-state index in [9.17, 15) is 9.59 Å². The number of anilines is 1. The molecule has 0 fully saturated rings. The Morgan fingerprint density at radius 2 is 1.64 bits per heavy atom. The van der Waals surface area contributed by atoms with Crippen LogP contribution < -0.4 is 10.1 Å². The first-order valence-electron chi connectivity index (χ1n) is 6.83. The molecule has 2 aromatic rings. The number of aryl methyl sites for hydroxylation is 1. The highest BCUT2D eigenvalue weighted by Crippen LogP contribution is 2.09. The maximum Gasteiger partial charge on any atom is 0.344 e. The molecule has 0 aliphatic heterocycles. The summed E-state index contributed by atoms with van der Waals surface area (Å²) in [6.07, 6.45) is 0. The summed E-state index contributed by atoms with van der Waals surface area (Å²) in [6, 6.07) is 16.3. The molecule has 0 aliphatic carbocycles. The second kappa shape index (κ2) is 7.83. The minimum absolute atomic E-state index is 0.234. The molecule has 1 amide bonds. The fourth-order valence-electron chi connectivity index (χ4n) is 1.68. The number of ether oxygens (including phenoxy) is 2. The average molecular weight is 299 g/mol. The van der Waals surface area contributed by atoms with E-state index in [-0.39, 0.29) is 13.2 Å². The summed E-state index contributed by atoms with van der Waals surface area (Å²) in [5.74, 6) is -0.414. The molecule has 0 aliphatic rings. The number of esters is 1. The normalized spacial score (nSPS) is 9.86. The first-order valence-corrected chi connectivity index (χ1v) is 6.83. The second-order valence-electron chi connectivity index (χ2n) is 4.68. The van der Waals surface area contributed by atoms with Gasteiger partial charge in [0.1, 0.15) is 5.75 Å². The van der Waals surface area contributed by atoms with Crippen molar-refractivity contribution in [1.29, 1.82) is 0 Å². The van der Waals surface area contributed by atoms with E-state index in [4.69, 9.17) is 9.47 Å². The number of carbonyl (C=O) groups excluding carboxylic acids is 2.